The first kappa shape index (κ1) is 24.1. The molecule has 0 fully saturated rings. The fraction of sp³-hybridized carbons (Fsp3) is 0.308. The van der Waals surface area contributed by atoms with Crippen LogP contribution in [0.15, 0.2) is 65.9 Å². The molecule has 33 heavy (non-hydrogen) atoms. The van der Waals surface area contributed by atoms with E-state index in [-0.39, 0.29) is 22.7 Å². The van der Waals surface area contributed by atoms with Gasteiger partial charge in [0.2, 0.25) is 0 Å². The van der Waals surface area contributed by atoms with Gasteiger partial charge in [-0.1, -0.05) is 44.5 Å². The third-order valence-corrected chi connectivity index (χ3v) is 5.66. The van der Waals surface area contributed by atoms with Crippen LogP contribution in [-0.2, 0) is 13.1 Å². The number of aromatic nitrogens is 3. The highest BCUT2D eigenvalue weighted by Gasteiger charge is 2.10. The second kappa shape index (κ2) is 11.3. The van der Waals surface area contributed by atoms with E-state index in [0.29, 0.717) is 23.7 Å². The minimum atomic E-state index is -0.140. The second-order valence-corrected chi connectivity index (χ2v) is 8.21. The van der Waals surface area contributed by atoms with Crippen molar-refractivity contribution in [3.63, 3.8) is 0 Å². The number of aliphatic hydroxyl groups is 1. The van der Waals surface area contributed by atoms with Crippen LogP contribution in [0.4, 0.5) is 0 Å². The zero-order valence-corrected chi connectivity index (χ0v) is 19.4. The fourth-order valence-electron chi connectivity index (χ4n) is 3.35. The summed E-state index contributed by atoms with van der Waals surface area (Å²) in [5.74, 6) is 0.402. The second-order valence-electron chi connectivity index (χ2n) is 8.21. The molecule has 7 heteroatoms. The number of nitrogens with one attached hydrogen (secondary N) is 2. The molecule has 0 aliphatic carbocycles. The maximum atomic E-state index is 12.2. The van der Waals surface area contributed by atoms with Gasteiger partial charge in [0.15, 0.2) is 0 Å². The normalized spacial score (nSPS) is 12.5. The van der Waals surface area contributed by atoms with Crippen LogP contribution >= 0.6 is 0 Å². The molecule has 0 radical (unpaired) electrons. The summed E-state index contributed by atoms with van der Waals surface area (Å²) in [6.45, 7) is 5.71. The summed E-state index contributed by atoms with van der Waals surface area (Å²) in [6.07, 6.45) is 8.21. The first-order valence-electron chi connectivity index (χ1n) is 11.2. The molecule has 0 amide bonds. The van der Waals surface area contributed by atoms with Crippen molar-refractivity contribution in [3.8, 4) is 11.3 Å². The first-order chi connectivity index (χ1) is 15.9. The van der Waals surface area contributed by atoms with Crippen molar-refractivity contribution < 1.29 is 5.11 Å². The highest BCUT2D eigenvalue weighted by atomic mass is 16.3. The van der Waals surface area contributed by atoms with E-state index < -0.39 is 0 Å². The molecule has 0 saturated heterocycles. The molecule has 0 spiro atoms. The monoisotopic (exact) mass is 445 g/mol. The summed E-state index contributed by atoms with van der Waals surface area (Å²) < 4.78 is 1.69. The van der Waals surface area contributed by atoms with Gasteiger partial charge in [-0.2, -0.15) is 0 Å². The van der Waals surface area contributed by atoms with Crippen molar-refractivity contribution in [2.75, 3.05) is 7.05 Å². The Morgan fingerprint density at radius 1 is 1.21 bits per heavy atom. The molecule has 1 aromatic carbocycles. The molecule has 0 bridgehead atoms. The number of allylic oxidation sites excluding steroid dienone is 1. The molecular weight excluding hydrogens is 414 g/mol. The van der Waals surface area contributed by atoms with E-state index in [0.717, 1.165) is 30.5 Å². The van der Waals surface area contributed by atoms with Gasteiger partial charge in [-0.25, -0.2) is 4.98 Å². The minimum absolute atomic E-state index is 0.0527. The lowest BCUT2D eigenvalue weighted by molar-refractivity contribution is 0.463. The average molecular weight is 446 g/mol. The molecule has 7 nitrogen and oxygen atoms in total. The number of hydrogen-bond donors (Lipinski definition) is 3. The molecule has 0 aliphatic rings. The third kappa shape index (κ3) is 6.46. The van der Waals surface area contributed by atoms with Crippen LogP contribution in [0, 0.1) is 11.3 Å². The van der Waals surface area contributed by atoms with E-state index >= 15 is 0 Å². The molecule has 2 heterocycles. The molecule has 0 aliphatic heterocycles. The molecule has 3 N–H and O–H groups in total. The third-order valence-electron chi connectivity index (χ3n) is 5.66. The molecule has 1 atom stereocenters. The molecule has 172 valence electrons. The van der Waals surface area contributed by atoms with Crippen molar-refractivity contribution in [1.29, 1.82) is 5.41 Å². The summed E-state index contributed by atoms with van der Waals surface area (Å²) in [5.41, 5.74) is 3.49. The molecule has 0 unspecified atom stereocenters. The molecule has 3 aromatic rings. The highest BCUT2D eigenvalue weighted by Crippen LogP contribution is 2.18. The van der Waals surface area contributed by atoms with E-state index in [1.807, 2.05) is 31.3 Å². The van der Waals surface area contributed by atoms with Crippen molar-refractivity contribution in [2.24, 2.45) is 5.92 Å². The lowest BCUT2D eigenvalue weighted by atomic mass is 10.1. The van der Waals surface area contributed by atoms with Gasteiger partial charge >= 0.3 is 0 Å². The Morgan fingerprint density at radius 2 is 1.97 bits per heavy atom. The lowest BCUT2D eigenvalue weighted by Crippen LogP contribution is -2.19. The number of nitrogens with zero attached hydrogens (tertiary/aromatic N) is 3. The number of benzene rings is 1. The predicted octanol–water partition coefficient (Wildman–Crippen LogP) is 4.43. The SMILES string of the molecule is CC[C@H](C)CCn1cc(-c2cncc(/C(O)=C/C(=N)c3ccc(CNC)cc3)n2)ccc1=O. The van der Waals surface area contributed by atoms with Gasteiger partial charge in [0.1, 0.15) is 11.5 Å². The fourth-order valence-corrected chi connectivity index (χ4v) is 3.35. The Kier molecular flexibility index (Phi) is 8.27. The molecule has 0 saturated carbocycles. The Hall–Kier alpha value is -3.58. The summed E-state index contributed by atoms with van der Waals surface area (Å²) in [6, 6.07) is 10.8. The van der Waals surface area contributed by atoms with Crippen molar-refractivity contribution in [1.82, 2.24) is 19.9 Å². The van der Waals surface area contributed by atoms with Crippen molar-refractivity contribution in [2.45, 2.75) is 39.8 Å². The first-order valence-corrected chi connectivity index (χ1v) is 11.2. The lowest BCUT2D eigenvalue weighted by Gasteiger charge is -2.11. The Balaban J connectivity index is 1.81. The Morgan fingerprint density at radius 3 is 2.67 bits per heavy atom. The Labute approximate surface area is 194 Å². The van der Waals surface area contributed by atoms with Crippen LogP contribution in [-0.4, -0.2) is 32.4 Å². The van der Waals surface area contributed by atoms with Gasteiger partial charge in [-0.15, -0.1) is 0 Å². The molecular formula is C26H31N5O2. The van der Waals surface area contributed by atoms with Crippen LogP contribution in [0.25, 0.3) is 17.0 Å². The number of hydrogen-bond acceptors (Lipinski definition) is 6. The van der Waals surface area contributed by atoms with Crippen LogP contribution in [0.1, 0.15) is 43.5 Å². The molecule has 3 rings (SSSR count). The maximum absolute atomic E-state index is 12.2. The van der Waals surface area contributed by atoms with E-state index in [4.69, 9.17) is 5.41 Å². The van der Waals surface area contributed by atoms with Crippen LogP contribution in [0.3, 0.4) is 0 Å². The van der Waals surface area contributed by atoms with Gasteiger partial charge < -0.3 is 20.4 Å². The number of aliphatic hydroxyl groups excluding tert-OH is 1. The van der Waals surface area contributed by atoms with Gasteiger partial charge in [-0.05, 0) is 36.6 Å². The van der Waals surface area contributed by atoms with Gasteiger partial charge in [0.05, 0.1) is 23.8 Å². The van der Waals surface area contributed by atoms with Gasteiger partial charge in [-0.3, -0.25) is 9.78 Å². The maximum Gasteiger partial charge on any atom is 0.250 e. The predicted molar refractivity (Wildman–Crippen MR) is 132 cm³/mol. The summed E-state index contributed by atoms with van der Waals surface area (Å²) >= 11 is 0. The number of aryl methyl sites for hydroxylation is 1. The zero-order chi connectivity index (χ0) is 23.8. The largest absolute Gasteiger partial charge is 0.506 e. The van der Waals surface area contributed by atoms with Crippen LogP contribution in [0.5, 0.6) is 0 Å². The van der Waals surface area contributed by atoms with E-state index in [9.17, 15) is 9.90 Å². The van der Waals surface area contributed by atoms with Crippen molar-refractivity contribution in [3.05, 3.63) is 88.2 Å². The average Bonchev–Trinajstić information content (AvgIpc) is 2.84. The smallest absolute Gasteiger partial charge is 0.250 e. The molecule has 2 aromatic heterocycles. The summed E-state index contributed by atoms with van der Waals surface area (Å²) in [4.78, 5) is 21.0. The van der Waals surface area contributed by atoms with Gasteiger partial charge in [0, 0.05) is 37.0 Å². The highest BCUT2D eigenvalue weighted by molar-refractivity contribution is 6.09. The summed E-state index contributed by atoms with van der Waals surface area (Å²) in [7, 11) is 1.88. The Bertz CT molecular complexity index is 1180. The number of pyridine rings is 1. The summed E-state index contributed by atoms with van der Waals surface area (Å²) in [5, 5.41) is 22.0. The minimum Gasteiger partial charge on any atom is -0.506 e. The van der Waals surface area contributed by atoms with E-state index in [2.05, 4.69) is 29.1 Å². The van der Waals surface area contributed by atoms with Crippen LogP contribution in [0.2, 0.25) is 0 Å². The standard InChI is InChI=1S/C26H31N5O2/c1-4-18(2)11-12-31-17-21(9-10-26(31)33)23-15-29-16-24(30-23)25(32)13-22(27)20-7-5-19(6-8-20)14-28-3/h5-10,13,15-18,27-28,32H,4,11-12,14H2,1-3H3/b25-13-,27-22?/t18-/m0/s1. The van der Waals surface area contributed by atoms with Crippen molar-refractivity contribution >= 4 is 11.5 Å². The quantitative estimate of drug-likeness (QED) is 0.316. The zero-order valence-electron chi connectivity index (χ0n) is 19.4. The topological polar surface area (TPSA) is 104 Å². The van der Waals surface area contributed by atoms with Gasteiger partial charge in [0.25, 0.3) is 5.56 Å². The number of rotatable bonds is 10. The van der Waals surface area contributed by atoms with Crippen LogP contribution < -0.4 is 10.9 Å². The van der Waals surface area contributed by atoms with E-state index in [1.54, 1.807) is 23.0 Å². The van der Waals surface area contributed by atoms with E-state index in [1.165, 1.54) is 18.3 Å².